The minimum Gasteiger partial charge on any atom is -0.492 e. The molecule has 1 aromatic carbocycles. The fourth-order valence-electron chi connectivity index (χ4n) is 1.90. The Labute approximate surface area is 122 Å². The van der Waals surface area contributed by atoms with Crippen molar-refractivity contribution >= 4 is 15.9 Å². The minimum atomic E-state index is 0.671. The summed E-state index contributed by atoms with van der Waals surface area (Å²) in [6, 6.07) is 12.1. The van der Waals surface area contributed by atoms with Gasteiger partial charge in [-0.3, -0.25) is 0 Å². The van der Waals surface area contributed by atoms with Gasteiger partial charge in [0.1, 0.15) is 12.4 Å². The lowest BCUT2D eigenvalue weighted by Gasteiger charge is -2.11. The molecule has 1 N–H and O–H groups in total. The third-order valence-electron chi connectivity index (χ3n) is 2.88. The highest BCUT2D eigenvalue weighted by Gasteiger charge is 2.00. The molecule has 0 bridgehead atoms. The van der Waals surface area contributed by atoms with Gasteiger partial charge in [0.25, 0.3) is 0 Å². The minimum absolute atomic E-state index is 0.671. The molecule has 0 radical (unpaired) electrons. The van der Waals surface area contributed by atoms with Crippen molar-refractivity contribution in [2.24, 2.45) is 0 Å². The zero-order valence-corrected chi connectivity index (χ0v) is 12.7. The van der Waals surface area contributed by atoms with Crippen molar-refractivity contribution in [2.75, 3.05) is 13.2 Å². The van der Waals surface area contributed by atoms with Crippen LogP contribution in [0.25, 0.3) is 0 Å². The van der Waals surface area contributed by atoms with Crippen LogP contribution < -0.4 is 10.1 Å². The molecule has 0 unspecified atom stereocenters. The Kier molecular flexibility index (Phi) is 5.48. The van der Waals surface area contributed by atoms with Crippen LogP contribution in [0.2, 0.25) is 0 Å². The van der Waals surface area contributed by atoms with Gasteiger partial charge in [-0.2, -0.15) is 0 Å². The molecule has 3 nitrogen and oxygen atoms in total. The van der Waals surface area contributed by atoms with Gasteiger partial charge in [0, 0.05) is 22.9 Å². The van der Waals surface area contributed by atoms with E-state index in [1.165, 1.54) is 5.69 Å². The van der Waals surface area contributed by atoms with Gasteiger partial charge in [0.15, 0.2) is 0 Å². The fraction of sp³-hybridized carbons (Fsp3) is 0.333. The number of aromatic nitrogens is 1. The number of halogens is 1. The van der Waals surface area contributed by atoms with Crippen LogP contribution in [0.3, 0.4) is 0 Å². The topological polar surface area (TPSA) is 26.2 Å². The predicted octanol–water partition coefficient (Wildman–Crippen LogP) is 3.44. The van der Waals surface area contributed by atoms with Crippen LogP contribution >= 0.6 is 15.9 Å². The van der Waals surface area contributed by atoms with E-state index in [4.69, 9.17) is 4.74 Å². The number of hydrogen-bond acceptors (Lipinski definition) is 2. The van der Waals surface area contributed by atoms with E-state index in [-0.39, 0.29) is 0 Å². The Morgan fingerprint density at radius 1 is 1.26 bits per heavy atom. The van der Waals surface area contributed by atoms with Crippen molar-refractivity contribution in [1.82, 2.24) is 9.88 Å². The largest absolute Gasteiger partial charge is 0.492 e. The van der Waals surface area contributed by atoms with Gasteiger partial charge in [-0.1, -0.05) is 28.9 Å². The van der Waals surface area contributed by atoms with Crippen LogP contribution in [0.15, 0.2) is 47.1 Å². The number of hydrogen-bond donors (Lipinski definition) is 1. The molecule has 102 valence electrons. The molecule has 0 amide bonds. The van der Waals surface area contributed by atoms with Gasteiger partial charge in [0.05, 0.1) is 6.54 Å². The summed E-state index contributed by atoms with van der Waals surface area (Å²) in [4.78, 5) is 0. The summed E-state index contributed by atoms with van der Waals surface area (Å²) < 4.78 is 9.01. The molecule has 0 spiro atoms. The number of rotatable bonds is 7. The molecule has 0 aliphatic carbocycles. The molecule has 2 rings (SSSR count). The summed E-state index contributed by atoms with van der Waals surface area (Å²) >= 11 is 3.44. The molecule has 1 heterocycles. The van der Waals surface area contributed by atoms with E-state index in [1.54, 1.807) is 0 Å². The maximum absolute atomic E-state index is 5.75. The van der Waals surface area contributed by atoms with Crippen molar-refractivity contribution in [3.8, 4) is 5.75 Å². The molecule has 0 aliphatic rings. The van der Waals surface area contributed by atoms with E-state index in [0.29, 0.717) is 6.61 Å². The molecule has 0 saturated heterocycles. The molecular weight excluding hydrogens is 304 g/mol. The molecule has 4 heteroatoms. The van der Waals surface area contributed by atoms with Gasteiger partial charge < -0.3 is 14.6 Å². The van der Waals surface area contributed by atoms with E-state index < -0.39 is 0 Å². The highest BCUT2D eigenvalue weighted by atomic mass is 79.9. The monoisotopic (exact) mass is 322 g/mol. The lowest BCUT2D eigenvalue weighted by atomic mass is 10.3. The number of nitrogens with zero attached hydrogens (tertiary/aromatic N) is 1. The first-order chi connectivity index (χ1) is 9.29. The van der Waals surface area contributed by atoms with E-state index in [1.807, 2.05) is 24.3 Å². The van der Waals surface area contributed by atoms with Gasteiger partial charge in [0.2, 0.25) is 0 Å². The third-order valence-corrected chi connectivity index (χ3v) is 3.37. The first kappa shape index (κ1) is 14.2. The second-order valence-corrected chi connectivity index (χ2v) is 5.19. The number of ether oxygens (including phenoxy) is 1. The van der Waals surface area contributed by atoms with Gasteiger partial charge >= 0.3 is 0 Å². The highest BCUT2D eigenvalue weighted by molar-refractivity contribution is 9.10. The average Bonchev–Trinajstić information content (AvgIpc) is 2.84. The van der Waals surface area contributed by atoms with E-state index >= 15 is 0 Å². The van der Waals surface area contributed by atoms with Crippen LogP contribution in [0.4, 0.5) is 0 Å². The smallest absolute Gasteiger partial charge is 0.120 e. The van der Waals surface area contributed by atoms with Crippen molar-refractivity contribution in [3.63, 3.8) is 0 Å². The maximum atomic E-state index is 5.75. The van der Waals surface area contributed by atoms with Crippen LogP contribution in [0.1, 0.15) is 12.6 Å². The third kappa shape index (κ3) is 4.40. The van der Waals surface area contributed by atoms with Gasteiger partial charge in [-0.25, -0.2) is 0 Å². The molecule has 2 aromatic rings. The summed E-state index contributed by atoms with van der Waals surface area (Å²) in [7, 11) is 0. The van der Waals surface area contributed by atoms with Crippen LogP contribution in [-0.4, -0.2) is 17.7 Å². The standard InChI is InChI=1S/C15H19BrN2O/c1-2-17-12-14-6-4-8-18(14)9-10-19-15-7-3-5-13(16)11-15/h3-8,11,17H,2,9-10,12H2,1H3. The van der Waals surface area contributed by atoms with Crippen LogP contribution in [-0.2, 0) is 13.1 Å². The van der Waals surface area contributed by atoms with Crippen LogP contribution in [0, 0.1) is 0 Å². The van der Waals surface area contributed by atoms with Crippen molar-refractivity contribution in [2.45, 2.75) is 20.0 Å². The second kappa shape index (κ2) is 7.36. The maximum Gasteiger partial charge on any atom is 0.120 e. The molecule has 0 aliphatic heterocycles. The lowest BCUT2D eigenvalue weighted by Crippen LogP contribution is -2.17. The number of nitrogens with one attached hydrogen (secondary N) is 1. The Hall–Kier alpha value is -1.26. The summed E-state index contributed by atoms with van der Waals surface area (Å²) in [5.41, 5.74) is 1.29. The summed E-state index contributed by atoms with van der Waals surface area (Å²) in [5, 5.41) is 3.34. The average molecular weight is 323 g/mol. The van der Waals surface area contributed by atoms with Crippen molar-refractivity contribution in [1.29, 1.82) is 0 Å². The Morgan fingerprint density at radius 2 is 2.16 bits per heavy atom. The normalized spacial score (nSPS) is 10.6. The second-order valence-electron chi connectivity index (χ2n) is 4.28. The summed E-state index contributed by atoms with van der Waals surface area (Å²) in [5.74, 6) is 0.898. The molecule has 19 heavy (non-hydrogen) atoms. The van der Waals surface area contributed by atoms with Crippen molar-refractivity contribution < 1.29 is 4.74 Å². The molecule has 0 atom stereocenters. The Morgan fingerprint density at radius 3 is 2.95 bits per heavy atom. The Bertz CT molecular complexity index is 510. The molecule has 0 fully saturated rings. The first-order valence-electron chi connectivity index (χ1n) is 6.52. The zero-order chi connectivity index (χ0) is 13.5. The molecular formula is C15H19BrN2O. The van der Waals surface area contributed by atoms with Crippen LogP contribution in [0.5, 0.6) is 5.75 Å². The first-order valence-corrected chi connectivity index (χ1v) is 7.32. The van der Waals surface area contributed by atoms with Gasteiger partial charge in [-0.05, 0) is 36.9 Å². The van der Waals surface area contributed by atoms with E-state index in [0.717, 1.165) is 29.9 Å². The molecule has 1 aromatic heterocycles. The summed E-state index contributed by atoms with van der Waals surface area (Å²) in [6.07, 6.45) is 2.09. The predicted molar refractivity (Wildman–Crippen MR) is 81.4 cm³/mol. The van der Waals surface area contributed by atoms with Gasteiger partial charge in [-0.15, -0.1) is 0 Å². The quantitative estimate of drug-likeness (QED) is 0.845. The number of benzene rings is 1. The van der Waals surface area contributed by atoms with Crippen molar-refractivity contribution in [3.05, 3.63) is 52.8 Å². The summed E-state index contributed by atoms with van der Waals surface area (Å²) in [6.45, 7) is 5.54. The lowest BCUT2D eigenvalue weighted by molar-refractivity contribution is 0.296. The van der Waals surface area contributed by atoms with E-state index in [9.17, 15) is 0 Å². The fourth-order valence-corrected chi connectivity index (χ4v) is 2.28. The highest BCUT2D eigenvalue weighted by Crippen LogP contribution is 2.17. The Balaban J connectivity index is 1.84. The van der Waals surface area contributed by atoms with E-state index in [2.05, 4.69) is 51.1 Å². The SMILES string of the molecule is CCNCc1cccn1CCOc1cccc(Br)c1. The zero-order valence-electron chi connectivity index (χ0n) is 11.1. The molecule has 0 saturated carbocycles.